The molecular formula is C41H52F3N13O5S4. The number of nitrogens with zero attached hydrogens (tertiary/aromatic N) is 8. The van der Waals surface area contributed by atoms with Gasteiger partial charge in [0.1, 0.15) is 5.82 Å². The van der Waals surface area contributed by atoms with Gasteiger partial charge in [0, 0.05) is 74.5 Å². The molecule has 2 unspecified atom stereocenters. The van der Waals surface area contributed by atoms with Crippen molar-refractivity contribution in [3.63, 3.8) is 0 Å². The summed E-state index contributed by atoms with van der Waals surface area (Å²) in [5.74, 6) is 0.211. The van der Waals surface area contributed by atoms with E-state index in [2.05, 4.69) is 41.2 Å². The lowest BCUT2D eigenvalue weighted by molar-refractivity contribution is -0.156. The monoisotopic (exact) mass is 991 g/mol. The van der Waals surface area contributed by atoms with Gasteiger partial charge in [-0.25, -0.2) is 19.9 Å². The Bertz CT molecular complexity index is 2680. The van der Waals surface area contributed by atoms with Crippen LogP contribution >= 0.6 is 0 Å². The zero-order chi connectivity index (χ0) is 49.6. The van der Waals surface area contributed by atoms with Crippen molar-refractivity contribution in [2.75, 3.05) is 42.0 Å². The number of imidazole rings is 4. The number of carbonyl (C=O) groups is 5. The Kier molecular flexibility index (Phi) is 16.9. The summed E-state index contributed by atoms with van der Waals surface area (Å²) in [5.41, 5.74) is 10.4. The zero-order valence-electron chi connectivity index (χ0n) is 38.1. The summed E-state index contributed by atoms with van der Waals surface area (Å²) in [4.78, 5) is 76.2. The van der Waals surface area contributed by atoms with Crippen molar-refractivity contribution in [3.05, 3.63) is 77.8 Å². The number of hydrogen-bond donors (Lipinski definition) is 5. The molecule has 0 saturated carbocycles. The van der Waals surface area contributed by atoms with Crippen molar-refractivity contribution in [2.45, 2.75) is 50.3 Å². The molecule has 2 aromatic carbocycles. The van der Waals surface area contributed by atoms with Gasteiger partial charge in [-0.15, -0.1) is 18.9 Å². The number of aromatic nitrogens is 8. The van der Waals surface area contributed by atoms with E-state index in [9.17, 15) is 32.3 Å². The number of nitrogens with two attached hydrogens (primary N) is 1. The molecule has 0 saturated heterocycles. The lowest BCUT2D eigenvalue weighted by Crippen LogP contribution is -2.41. The van der Waals surface area contributed by atoms with Crippen LogP contribution in [0.2, 0.25) is 0 Å². The molecule has 66 heavy (non-hydrogen) atoms. The van der Waals surface area contributed by atoms with Crippen molar-refractivity contribution in [3.8, 4) is 0 Å². The molecule has 0 spiro atoms. The van der Waals surface area contributed by atoms with Crippen LogP contribution in [-0.2, 0) is 74.3 Å². The number of carbonyl (C=O) groups excluding carboxylic acids is 5. The van der Waals surface area contributed by atoms with Gasteiger partial charge in [0.25, 0.3) is 23.6 Å². The second kappa shape index (κ2) is 21.1. The predicted octanol–water partition coefficient (Wildman–Crippen LogP) is 4.19. The first-order chi connectivity index (χ1) is 30.5. The number of aldehydes is 1. The Hall–Kier alpha value is -5.92. The van der Waals surface area contributed by atoms with Gasteiger partial charge in [0.05, 0.1) is 27.8 Å². The third-order valence-corrected chi connectivity index (χ3v) is 16.1. The highest BCUT2D eigenvalue weighted by atomic mass is 32.8. The van der Waals surface area contributed by atoms with E-state index in [-0.39, 0.29) is 63.7 Å². The lowest BCUT2D eigenvalue weighted by atomic mass is 10.2. The van der Waals surface area contributed by atoms with Crippen molar-refractivity contribution in [1.29, 1.82) is 0 Å². The summed E-state index contributed by atoms with van der Waals surface area (Å²) in [6, 6.07) is 10.6. The molecule has 0 aliphatic rings. The average molecular weight is 992 g/mol. The van der Waals surface area contributed by atoms with Gasteiger partial charge in [0.15, 0.2) is 17.5 Å². The van der Waals surface area contributed by atoms with Gasteiger partial charge < -0.3 is 45.3 Å². The minimum atomic E-state index is -4.64. The average Bonchev–Trinajstić information content (AvgIpc) is 3.97. The summed E-state index contributed by atoms with van der Waals surface area (Å²) < 4.78 is 37.6. The van der Waals surface area contributed by atoms with Crippen LogP contribution in [0.4, 0.5) is 30.4 Å². The van der Waals surface area contributed by atoms with Crippen LogP contribution in [0.3, 0.4) is 0 Å². The highest BCUT2D eigenvalue weighted by molar-refractivity contribution is 8.29. The molecule has 4 heterocycles. The van der Waals surface area contributed by atoms with E-state index in [1.54, 1.807) is 95.3 Å². The van der Waals surface area contributed by atoms with Gasteiger partial charge in [0.2, 0.25) is 12.1 Å². The number of amides is 4. The Balaban J connectivity index is 0.000000257. The van der Waals surface area contributed by atoms with Crippen LogP contribution in [0, 0.1) is 6.92 Å². The topological polar surface area (TPSA) is 231 Å². The number of halogens is 3. The molecule has 4 aromatic heterocycles. The van der Waals surface area contributed by atoms with Crippen molar-refractivity contribution < 1.29 is 37.1 Å². The standard InChI is InChI=1S/C20H26N6O2S2.C19H25N7O2S2.C2HF3O/c1-12-10-25(4)16(22-12)19(28)23-13-7-8-14-15(9-13)26(5)17(24-14)18(27)21-11-20(2,3)30(6)29;1-19(2,30(5)29)10-21-17(27)16-23-12-7-6-11(8-13(12)26(16)4)22-18(28)15-24-14(20)9-25(15)3;3-2(4,5)1-6/h7-10H,11H2,1-6H3,(H,21,27)(H,23,28);6-9H,10,20H2,1-5H3,(H,21,27)(H,22,28);1H. The molecule has 6 N–H and O–H groups in total. The molecule has 18 nitrogen and oxygen atoms in total. The molecule has 0 aliphatic carbocycles. The molecule has 0 aliphatic heterocycles. The SMILES string of the molecule is Cc1cn(C)c(C(=O)Nc2ccc3nc(C(=O)NCC(C)(C)S(C)=S)n(C)c3c2)n1.Cn1cc(N)nc1C(=O)Nc1ccc2nc(C(=O)NCC(C)(C)S(C)=S)n(C)c2c1.O=CC(F)(F)F. The van der Waals surface area contributed by atoms with E-state index in [4.69, 9.17) is 32.9 Å². The molecular weight excluding hydrogens is 940 g/mol. The van der Waals surface area contributed by atoms with Crippen molar-refractivity contribution >= 4 is 110 Å². The lowest BCUT2D eigenvalue weighted by Gasteiger charge is -2.24. The third kappa shape index (κ3) is 13.3. The molecule has 25 heteroatoms. The maximum Gasteiger partial charge on any atom is 0.446 e. The maximum absolute atomic E-state index is 12.7. The summed E-state index contributed by atoms with van der Waals surface area (Å²) in [5, 5.41) is 11.5. The second-order valence-electron chi connectivity index (χ2n) is 16.2. The predicted molar refractivity (Wildman–Crippen MR) is 259 cm³/mol. The summed E-state index contributed by atoms with van der Waals surface area (Å²) in [6.07, 6.45) is 1.62. The molecule has 6 aromatic rings. The smallest absolute Gasteiger partial charge is 0.382 e. The van der Waals surface area contributed by atoms with Crippen LogP contribution < -0.4 is 27.0 Å². The minimum Gasteiger partial charge on any atom is -0.382 e. The number of nitrogen functional groups attached to an aromatic ring is 1. The summed E-state index contributed by atoms with van der Waals surface area (Å²) in [7, 11) is 6.51. The number of fused-ring (bicyclic) bond motifs is 2. The first-order valence-electron chi connectivity index (χ1n) is 19.7. The van der Waals surface area contributed by atoms with Crippen LogP contribution in [0.1, 0.15) is 75.9 Å². The van der Waals surface area contributed by atoms with Gasteiger partial charge >= 0.3 is 6.18 Å². The summed E-state index contributed by atoms with van der Waals surface area (Å²) in [6.45, 7) is 10.9. The van der Waals surface area contributed by atoms with Crippen LogP contribution in [0.15, 0.2) is 48.8 Å². The number of anilines is 3. The van der Waals surface area contributed by atoms with Gasteiger partial charge in [-0.1, -0.05) is 22.4 Å². The Labute approximate surface area is 392 Å². The van der Waals surface area contributed by atoms with E-state index in [1.807, 2.05) is 47.1 Å². The fourth-order valence-corrected chi connectivity index (χ4v) is 6.70. The number of benzene rings is 2. The molecule has 0 bridgehead atoms. The summed E-state index contributed by atoms with van der Waals surface area (Å²) >= 11 is 10.7. The molecule has 6 rings (SSSR count). The number of rotatable bonds is 12. The van der Waals surface area contributed by atoms with E-state index in [1.165, 1.54) is 0 Å². The van der Waals surface area contributed by atoms with E-state index in [0.29, 0.717) is 53.0 Å². The van der Waals surface area contributed by atoms with Crippen LogP contribution in [0.25, 0.3) is 22.1 Å². The van der Waals surface area contributed by atoms with Gasteiger partial charge in [-0.2, -0.15) is 13.2 Å². The van der Waals surface area contributed by atoms with Crippen molar-refractivity contribution in [2.24, 2.45) is 28.2 Å². The van der Waals surface area contributed by atoms with Gasteiger partial charge in [-0.3, -0.25) is 24.0 Å². The number of aryl methyl sites for hydroxylation is 5. The number of hydrogen-bond acceptors (Lipinski definition) is 12. The molecule has 356 valence electrons. The molecule has 4 amide bonds. The highest BCUT2D eigenvalue weighted by Gasteiger charge is 2.26. The van der Waals surface area contributed by atoms with E-state index >= 15 is 0 Å². The third-order valence-electron chi connectivity index (χ3n) is 10.0. The molecule has 0 fully saturated rings. The number of nitrogens with one attached hydrogen (secondary N) is 4. The molecule has 0 radical (unpaired) electrons. The maximum atomic E-state index is 12.7. The second-order valence-corrected chi connectivity index (χ2v) is 23.2. The Morgan fingerprint density at radius 2 is 1.05 bits per heavy atom. The zero-order valence-corrected chi connectivity index (χ0v) is 41.3. The largest absolute Gasteiger partial charge is 0.446 e. The first-order valence-corrected chi connectivity index (χ1v) is 24.8. The van der Waals surface area contributed by atoms with E-state index < -0.39 is 12.5 Å². The van der Waals surface area contributed by atoms with Gasteiger partial charge in [-0.05, 0) is 83.5 Å². The Morgan fingerprint density at radius 1 is 0.667 bits per heavy atom. The first kappa shape index (κ1) is 52.7. The van der Waals surface area contributed by atoms with Crippen LogP contribution in [-0.4, -0.2) is 109 Å². The normalized spacial score (nSPS) is 12.6. The Morgan fingerprint density at radius 3 is 1.36 bits per heavy atom. The van der Waals surface area contributed by atoms with E-state index in [0.717, 1.165) is 16.7 Å². The number of alkyl halides is 3. The van der Waals surface area contributed by atoms with Crippen LogP contribution in [0.5, 0.6) is 0 Å². The minimum absolute atomic E-state index is 0.170. The quantitative estimate of drug-likeness (QED) is 0.109. The van der Waals surface area contributed by atoms with Crippen molar-refractivity contribution in [1.82, 2.24) is 48.8 Å². The highest BCUT2D eigenvalue weighted by Crippen LogP contribution is 2.23. The fraction of sp³-hybridized carbons (Fsp3) is 0.390. The fourth-order valence-electron chi connectivity index (χ4n) is 5.79. The molecule has 2 atom stereocenters.